The Kier molecular flexibility index (Phi) is 20.2. The highest BCUT2D eigenvalue weighted by Gasteiger charge is 2.35. The van der Waals surface area contributed by atoms with Crippen LogP contribution in [0.2, 0.25) is 0 Å². The van der Waals surface area contributed by atoms with Gasteiger partial charge in [-0.2, -0.15) is 0 Å². The van der Waals surface area contributed by atoms with Gasteiger partial charge in [0.15, 0.2) is 0 Å². The fourth-order valence-corrected chi connectivity index (χ4v) is 8.07. The van der Waals surface area contributed by atoms with E-state index in [9.17, 15) is 58.5 Å². The number of fused-ring (bicyclic) bond motifs is 3. The molecule has 0 fully saturated rings. The van der Waals surface area contributed by atoms with Crippen molar-refractivity contribution in [2.75, 3.05) is 13.2 Å². The molecule has 1 aliphatic carbocycles. The van der Waals surface area contributed by atoms with Crippen molar-refractivity contribution < 1.29 is 63.2 Å². The van der Waals surface area contributed by atoms with Gasteiger partial charge in [-0.25, -0.2) is 4.79 Å². The topological polar surface area (TPSA) is 348 Å². The number of amides is 7. The maximum atomic E-state index is 14.2. The van der Waals surface area contributed by atoms with Gasteiger partial charge in [-0.05, 0) is 84.7 Å². The lowest BCUT2D eigenvalue weighted by atomic mass is 9.98. The van der Waals surface area contributed by atoms with Crippen LogP contribution in [-0.4, -0.2) is 118 Å². The molecule has 6 atom stereocenters. The van der Waals surface area contributed by atoms with E-state index >= 15 is 0 Å². The summed E-state index contributed by atoms with van der Waals surface area (Å²) in [6.45, 7) is 1.52. The fraction of sp³-hybridized carbons (Fsp3) is 0.353. The van der Waals surface area contributed by atoms with E-state index < -0.39 is 109 Å². The summed E-state index contributed by atoms with van der Waals surface area (Å²) in [5.41, 5.74) is 15.8. The lowest BCUT2D eigenvalue weighted by Gasteiger charge is -2.27. The number of benzene rings is 4. The molecule has 0 unspecified atom stereocenters. The minimum Gasteiger partial charge on any atom is -0.508 e. The van der Waals surface area contributed by atoms with E-state index in [1.807, 2.05) is 48.5 Å². The molecule has 0 bridgehead atoms. The van der Waals surface area contributed by atoms with Gasteiger partial charge in [0.2, 0.25) is 35.4 Å². The second kappa shape index (κ2) is 26.6. The number of hydrogen-bond donors (Lipinski definition) is 11. The van der Waals surface area contributed by atoms with Crippen molar-refractivity contribution in [3.63, 3.8) is 0 Å². The standard InChI is InChI=1S/C51H60N8O13/c1-29(45(53)65)54-46(66)38(17-9-10-24-52)55-48(68)40(26-31-18-20-32(60)21-19-31)57-50(70)42(27-44(63)64)58-47(67)39(22-23-43(61)62)56-49(69)41(25-30-11-3-2-4-12-30)59-51(71)72-28-37-35-15-7-5-13-33(35)34-14-6-8-16-36(34)37/h2-8,11-16,18-21,29,37-42,60H,9-10,17,22-28,52H2,1H3,(H2,53,65)(H,54,66)(H,55,68)(H,56,69)(H,57,70)(H,58,67)(H,59,71)(H,61,62)(H,63,64)/t29-,38-,39-,40-,41-,42-/m0/s1. The van der Waals surface area contributed by atoms with E-state index in [-0.39, 0.29) is 44.1 Å². The van der Waals surface area contributed by atoms with Crippen LogP contribution in [0.5, 0.6) is 5.75 Å². The molecule has 4 aromatic rings. The van der Waals surface area contributed by atoms with E-state index in [1.54, 1.807) is 30.3 Å². The number of hydrogen-bond acceptors (Lipinski definition) is 12. The zero-order chi connectivity index (χ0) is 52.3. The number of carboxylic acids is 2. The number of aromatic hydroxyl groups is 1. The Balaban J connectivity index is 1.35. The van der Waals surface area contributed by atoms with Gasteiger partial charge in [0.1, 0.15) is 48.6 Å². The van der Waals surface area contributed by atoms with E-state index in [0.717, 1.165) is 22.3 Å². The number of alkyl carbamates (subject to hydrolysis) is 1. The Morgan fingerprint density at radius 2 is 1.03 bits per heavy atom. The number of carboxylic acid groups (broad SMARTS) is 2. The average Bonchev–Trinajstić information content (AvgIpc) is 3.67. The van der Waals surface area contributed by atoms with Gasteiger partial charge in [0.25, 0.3) is 0 Å². The van der Waals surface area contributed by atoms with Crippen LogP contribution in [0.1, 0.15) is 73.6 Å². The van der Waals surface area contributed by atoms with Gasteiger partial charge in [-0.3, -0.25) is 38.4 Å². The van der Waals surface area contributed by atoms with Crippen molar-refractivity contribution in [2.24, 2.45) is 11.5 Å². The SMILES string of the molecule is C[C@H](NC(=O)[C@H](CCCCN)NC(=O)[C@H](Cc1ccc(O)cc1)NC(=O)[C@H](CC(=O)O)NC(=O)[C@H](CCC(=O)O)NC(=O)[C@H](Cc1ccccc1)NC(=O)OCC1c2ccccc2-c2ccccc21)C(N)=O. The minimum atomic E-state index is -1.94. The highest BCUT2D eigenvalue weighted by atomic mass is 16.5. The number of phenolic OH excluding ortho intramolecular Hbond substituents is 1. The molecule has 1 aliphatic rings. The van der Waals surface area contributed by atoms with Gasteiger partial charge in [-0.15, -0.1) is 0 Å². The molecule has 5 rings (SSSR count). The van der Waals surface area contributed by atoms with Gasteiger partial charge in [-0.1, -0.05) is 91.0 Å². The monoisotopic (exact) mass is 992 g/mol. The van der Waals surface area contributed by atoms with E-state index in [2.05, 4.69) is 31.9 Å². The van der Waals surface area contributed by atoms with Crippen molar-refractivity contribution in [3.8, 4) is 16.9 Å². The molecule has 0 aliphatic heterocycles. The van der Waals surface area contributed by atoms with Crippen molar-refractivity contribution in [1.82, 2.24) is 31.9 Å². The molecule has 0 saturated heterocycles. The van der Waals surface area contributed by atoms with Gasteiger partial charge < -0.3 is 63.4 Å². The van der Waals surface area contributed by atoms with Crippen LogP contribution in [-0.2, 0) is 55.9 Å². The number of nitrogens with two attached hydrogens (primary N) is 2. The summed E-state index contributed by atoms with van der Waals surface area (Å²) in [5, 5.41) is 44.1. The number of rotatable bonds is 27. The van der Waals surface area contributed by atoms with Gasteiger partial charge in [0, 0.05) is 25.2 Å². The highest BCUT2D eigenvalue weighted by Crippen LogP contribution is 2.44. The highest BCUT2D eigenvalue weighted by molar-refractivity contribution is 5.98. The number of ether oxygens (including phenoxy) is 1. The third kappa shape index (κ3) is 16.1. The Morgan fingerprint density at radius 1 is 0.556 bits per heavy atom. The molecule has 4 aromatic carbocycles. The molecule has 21 heteroatoms. The molecule has 0 heterocycles. The van der Waals surface area contributed by atoms with Crippen molar-refractivity contribution in [1.29, 1.82) is 0 Å². The fourth-order valence-electron chi connectivity index (χ4n) is 8.07. The van der Waals surface area contributed by atoms with E-state index in [4.69, 9.17) is 16.2 Å². The first kappa shape index (κ1) is 54.6. The molecule has 0 aromatic heterocycles. The molecule has 0 radical (unpaired) electrons. The zero-order valence-electron chi connectivity index (χ0n) is 39.5. The van der Waals surface area contributed by atoms with Crippen LogP contribution < -0.4 is 43.4 Å². The van der Waals surface area contributed by atoms with Crippen LogP contribution in [0.25, 0.3) is 11.1 Å². The number of primary amides is 1. The lowest BCUT2D eigenvalue weighted by molar-refractivity contribution is -0.141. The van der Waals surface area contributed by atoms with Crippen LogP contribution >= 0.6 is 0 Å². The first-order valence-corrected chi connectivity index (χ1v) is 23.3. The minimum absolute atomic E-state index is 0.0503. The summed E-state index contributed by atoms with van der Waals surface area (Å²) in [6, 6.07) is 20.5. The number of nitrogens with one attached hydrogen (secondary N) is 6. The number of phenols is 1. The van der Waals surface area contributed by atoms with Crippen LogP contribution in [0.3, 0.4) is 0 Å². The number of carbonyl (C=O) groups excluding carboxylic acids is 7. The molecule has 21 nitrogen and oxygen atoms in total. The average molecular weight is 993 g/mol. The zero-order valence-corrected chi connectivity index (χ0v) is 39.5. The summed E-state index contributed by atoms with van der Waals surface area (Å²) in [5.74, 6) is -9.23. The first-order chi connectivity index (χ1) is 34.4. The summed E-state index contributed by atoms with van der Waals surface area (Å²) in [4.78, 5) is 119. The predicted octanol–water partition coefficient (Wildman–Crippen LogP) is 1.48. The van der Waals surface area contributed by atoms with E-state index in [0.29, 0.717) is 24.0 Å². The third-order valence-corrected chi connectivity index (χ3v) is 11.9. The molecule has 382 valence electrons. The smallest absolute Gasteiger partial charge is 0.407 e. The third-order valence-electron chi connectivity index (χ3n) is 11.9. The van der Waals surface area contributed by atoms with Crippen molar-refractivity contribution in [3.05, 3.63) is 125 Å². The first-order valence-electron chi connectivity index (χ1n) is 23.3. The van der Waals surface area contributed by atoms with E-state index in [1.165, 1.54) is 31.2 Å². The Hall–Kier alpha value is -8.33. The Labute approximate surface area is 414 Å². The molecule has 0 spiro atoms. The Bertz CT molecular complexity index is 2530. The summed E-state index contributed by atoms with van der Waals surface area (Å²) < 4.78 is 5.71. The quantitative estimate of drug-likeness (QED) is 0.0377. The van der Waals surface area contributed by atoms with Crippen LogP contribution in [0, 0.1) is 0 Å². The summed E-state index contributed by atoms with van der Waals surface area (Å²) in [7, 11) is 0. The second-order valence-corrected chi connectivity index (χ2v) is 17.3. The van der Waals surface area contributed by atoms with Crippen LogP contribution in [0.4, 0.5) is 4.79 Å². The molecular formula is C51H60N8O13. The Morgan fingerprint density at radius 3 is 1.58 bits per heavy atom. The van der Waals surface area contributed by atoms with Gasteiger partial charge >= 0.3 is 18.0 Å². The molecular weight excluding hydrogens is 933 g/mol. The maximum Gasteiger partial charge on any atom is 0.407 e. The largest absolute Gasteiger partial charge is 0.508 e. The lowest BCUT2D eigenvalue weighted by Crippen LogP contribution is -2.60. The van der Waals surface area contributed by atoms with Crippen LogP contribution in [0.15, 0.2) is 103 Å². The molecule has 13 N–H and O–H groups in total. The summed E-state index contributed by atoms with van der Waals surface area (Å²) in [6.07, 6.45) is -2.77. The maximum absolute atomic E-state index is 14.2. The number of carbonyl (C=O) groups is 9. The number of unbranched alkanes of at least 4 members (excludes halogenated alkanes) is 1. The second-order valence-electron chi connectivity index (χ2n) is 17.3. The predicted molar refractivity (Wildman–Crippen MR) is 260 cm³/mol. The molecule has 7 amide bonds. The number of aliphatic carboxylic acids is 2. The molecule has 0 saturated carbocycles. The summed E-state index contributed by atoms with van der Waals surface area (Å²) >= 11 is 0. The van der Waals surface area contributed by atoms with Crippen molar-refractivity contribution >= 4 is 53.5 Å². The molecule has 72 heavy (non-hydrogen) atoms. The normalized spacial score (nSPS) is 14.0. The van der Waals surface area contributed by atoms with Crippen molar-refractivity contribution in [2.45, 2.75) is 100 Å². The van der Waals surface area contributed by atoms with Gasteiger partial charge in [0.05, 0.1) is 6.42 Å².